The van der Waals surface area contributed by atoms with Crippen molar-refractivity contribution in [2.24, 2.45) is 0 Å². The van der Waals surface area contributed by atoms with Crippen LogP contribution in [0, 0.1) is 17.5 Å². The second-order valence-corrected chi connectivity index (χ2v) is 11.7. The average Bonchev–Trinajstić information content (AvgIpc) is 3.13. The summed E-state index contributed by atoms with van der Waals surface area (Å²) in [4.78, 5) is 106. The monoisotopic (exact) mass is 771 g/mol. The Bertz CT molecular complexity index is 1790. The van der Waals surface area contributed by atoms with Crippen LogP contribution >= 0.6 is 0 Å². The Kier molecular flexibility index (Phi) is 21.6. The van der Waals surface area contributed by atoms with E-state index in [1.165, 1.54) is 0 Å². The molecule has 6 N–H and O–H groups in total. The Morgan fingerprint density at radius 2 is 0.704 bits per heavy atom. The number of nitrogens with zero attached hydrogens (tertiary/aromatic N) is 3. The van der Waals surface area contributed by atoms with Gasteiger partial charge in [0.25, 0.3) is 16.7 Å². The maximum atomic E-state index is 12.9. The van der Waals surface area contributed by atoms with Crippen LogP contribution in [0.5, 0.6) is 0 Å². The summed E-state index contributed by atoms with van der Waals surface area (Å²) >= 11 is 0. The minimum Gasteiger partial charge on any atom is -0.337 e. The maximum Gasteiger partial charge on any atom is 0.336 e. The van der Waals surface area contributed by atoms with Gasteiger partial charge in [0.15, 0.2) is 0 Å². The summed E-state index contributed by atoms with van der Waals surface area (Å²) in [7, 11) is 0. The normalized spacial score (nSPS) is 10.3. The molecule has 0 radical (unpaired) electrons. The first-order valence-electron chi connectivity index (χ1n) is 17.6. The van der Waals surface area contributed by atoms with Crippen molar-refractivity contribution >= 4 is 18.1 Å². The molecule has 0 saturated carbocycles. The second-order valence-electron chi connectivity index (χ2n) is 11.7. The number of rotatable bonds is 15. The Morgan fingerprint density at radius 1 is 0.463 bits per heavy atom. The van der Waals surface area contributed by atoms with E-state index >= 15 is 0 Å². The minimum absolute atomic E-state index is 0.409. The molecule has 0 aromatic carbocycles. The van der Waals surface area contributed by atoms with E-state index in [0.29, 0.717) is 51.9 Å². The zero-order chi connectivity index (χ0) is 40.6. The lowest BCUT2D eigenvalue weighted by atomic mass is 10.2. The third-order valence-corrected chi connectivity index (χ3v) is 7.27. The zero-order valence-corrected chi connectivity index (χ0v) is 30.5. The smallest absolute Gasteiger partial charge is 0.336 e. The molecule has 3 aromatic heterocycles. The molecule has 0 unspecified atom stereocenters. The van der Waals surface area contributed by atoms with Crippen molar-refractivity contribution in [3.63, 3.8) is 0 Å². The molecule has 0 aliphatic heterocycles. The number of halogens is 3. The first-order chi connectivity index (χ1) is 25.7. The summed E-state index contributed by atoms with van der Waals surface area (Å²) in [6, 6.07) is -2.23. The zero-order valence-electron chi connectivity index (χ0n) is 30.5. The fourth-order valence-corrected chi connectivity index (χ4v) is 4.29. The first-order valence-corrected chi connectivity index (χ1v) is 17.6. The number of nitrogens with one attached hydrogen (secondary N) is 6. The number of amides is 3. The number of carbonyl (C=O) groups excluding carboxylic acids is 3. The molecule has 21 heteroatoms. The quantitative estimate of drug-likeness (QED) is 0.124. The van der Waals surface area contributed by atoms with Crippen molar-refractivity contribution in [3.8, 4) is 0 Å². The van der Waals surface area contributed by atoms with E-state index in [-0.39, 0.29) is 0 Å². The molecule has 3 heterocycles. The van der Waals surface area contributed by atoms with E-state index in [2.05, 4.69) is 36.7 Å². The van der Waals surface area contributed by atoms with Crippen molar-refractivity contribution in [1.29, 1.82) is 0 Å². The molecule has 0 spiro atoms. The van der Waals surface area contributed by atoms with Gasteiger partial charge in [-0.25, -0.2) is 42.5 Å². The summed E-state index contributed by atoms with van der Waals surface area (Å²) in [5.74, 6) is -3.51. The van der Waals surface area contributed by atoms with Crippen LogP contribution in [0.15, 0.2) is 47.4 Å². The predicted molar refractivity (Wildman–Crippen MR) is 193 cm³/mol. The van der Waals surface area contributed by atoms with Gasteiger partial charge in [-0.05, 0) is 19.3 Å². The molecular formula is C33H48F3N9O9. The van der Waals surface area contributed by atoms with Gasteiger partial charge in [-0.3, -0.25) is 29.3 Å². The van der Waals surface area contributed by atoms with Gasteiger partial charge in [-0.2, -0.15) is 13.2 Å². The highest BCUT2D eigenvalue weighted by molar-refractivity contribution is 5.77. The van der Waals surface area contributed by atoms with Crippen molar-refractivity contribution < 1.29 is 27.6 Å². The molecule has 3 aromatic rings. The first kappa shape index (κ1) is 46.3. The topological polar surface area (TPSA) is 252 Å². The lowest BCUT2D eigenvalue weighted by Gasteiger charge is -2.06. The molecule has 18 nitrogen and oxygen atoms in total. The third kappa shape index (κ3) is 16.7. The van der Waals surface area contributed by atoms with E-state index in [4.69, 9.17) is 0 Å². The summed E-state index contributed by atoms with van der Waals surface area (Å²) < 4.78 is 40.3. The molecule has 3 rings (SSSR count). The molecule has 0 fully saturated rings. The summed E-state index contributed by atoms with van der Waals surface area (Å²) in [5.41, 5.74) is -6.25. The summed E-state index contributed by atoms with van der Waals surface area (Å²) in [6.07, 6.45) is 13.5. The van der Waals surface area contributed by atoms with Crippen molar-refractivity contribution in [2.75, 3.05) is 19.6 Å². The largest absolute Gasteiger partial charge is 0.337 e. The lowest BCUT2D eigenvalue weighted by molar-refractivity contribution is 0.239. The van der Waals surface area contributed by atoms with Gasteiger partial charge in [0.2, 0.25) is 17.5 Å². The number of carbonyl (C=O) groups is 3. The molecule has 54 heavy (non-hydrogen) atoms. The van der Waals surface area contributed by atoms with Crippen LogP contribution in [-0.2, 0) is 0 Å². The van der Waals surface area contributed by atoms with Crippen LogP contribution in [-0.4, -0.2) is 66.4 Å². The van der Waals surface area contributed by atoms with Gasteiger partial charge < -0.3 is 16.0 Å². The van der Waals surface area contributed by atoms with E-state index in [9.17, 15) is 56.3 Å². The van der Waals surface area contributed by atoms with E-state index in [0.717, 1.165) is 77.0 Å². The highest BCUT2D eigenvalue weighted by Crippen LogP contribution is 1.99. The maximum absolute atomic E-state index is 12.9. The van der Waals surface area contributed by atoms with Gasteiger partial charge in [-0.15, -0.1) is 0 Å². The highest BCUT2D eigenvalue weighted by Gasteiger charge is 2.12. The van der Waals surface area contributed by atoms with Gasteiger partial charge in [0, 0.05) is 19.6 Å². The van der Waals surface area contributed by atoms with Crippen LogP contribution in [0.25, 0.3) is 0 Å². The number of hydrogen-bond donors (Lipinski definition) is 6. The van der Waals surface area contributed by atoms with Gasteiger partial charge in [-0.1, -0.05) is 78.6 Å². The Balaban J connectivity index is 0.000000405. The Morgan fingerprint density at radius 3 is 0.926 bits per heavy atom. The van der Waals surface area contributed by atoms with Crippen molar-refractivity contribution in [2.45, 2.75) is 97.8 Å². The highest BCUT2D eigenvalue weighted by atomic mass is 19.1. The van der Waals surface area contributed by atoms with Crippen LogP contribution in [0.4, 0.5) is 27.6 Å². The molecule has 0 saturated heterocycles. The number of aromatic nitrogens is 6. The molecule has 0 aliphatic rings. The predicted octanol–water partition coefficient (Wildman–Crippen LogP) is 2.44. The minimum atomic E-state index is -1.17. The standard InChI is InChI=1S/3C11H16FN3O3/c3*1-2-3-4-5-6-13-10(17)15-7-8(12)9(16)14-11(15)18/h3*7H,2-6H2,1H3,(H,13,17)(H,14,16,18). The summed E-state index contributed by atoms with van der Waals surface area (Å²) in [6.45, 7) is 7.44. The van der Waals surface area contributed by atoms with E-state index in [1.54, 1.807) is 15.0 Å². The van der Waals surface area contributed by atoms with E-state index in [1.807, 2.05) is 0 Å². The van der Waals surface area contributed by atoms with Gasteiger partial charge in [0.1, 0.15) is 0 Å². The van der Waals surface area contributed by atoms with Crippen molar-refractivity contribution in [3.05, 3.63) is 98.6 Å². The van der Waals surface area contributed by atoms with Crippen molar-refractivity contribution in [1.82, 2.24) is 44.6 Å². The molecule has 0 atom stereocenters. The fraction of sp³-hybridized carbons (Fsp3) is 0.545. The van der Waals surface area contributed by atoms with Crippen LogP contribution in [0.3, 0.4) is 0 Å². The Hall–Kier alpha value is -5.76. The molecule has 300 valence electrons. The average molecular weight is 772 g/mol. The van der Waals surface area contributed by atoms with Crippen LogP contribution < -0.4 is 49.7 Å². The van der Waals surface area contributed by atoms with Gasteiger partial charge >= 0.3 is 35.2 Å². The third-order valence-electron chi connectivity index (χ3n) is 7.27. The van der Waals surface area contributed by atoms with E-state index < -0.39 is 69.3 Å². The molecule has 0 aliphatic carbocycles. The van der Waals surface area contributed by atoms with Crippen LogP contribution in [0.2, 0.25) is 0 Å². The number of H-pyrrole nitrogens is 3. The molecular weight excluding hydrogens is 723 g/mol. The number of aromatic amines is 3. The lowest BCUT2D eigenvalue weighted by Crippen LogP contribution is -2.40. The fourth-order valence-electron chi connectivity index (χ4n) is 4.29. The molecule has 3 amide bonds. The second kappa shape index (κ2) is 25.3. The Labute approximate surface area is 306 Å². The molecule has 0 bridgehead atoms. The number of hydrogen-bond acceptors (Lipinski definition) is 9. The van der Waals surface area contributed by atoms with Crippen LogP contribution in [0.1, 0.15) is 97.8 Å². The summed E-state index contributed by atoms with van der Waals surface area (Å²) in [5, 5.41) is 7.44. The van der Waals surface area contributed by atoms with Gasteiger partial charge in [0.05, 0.1) is 18.6 Å². The number of unbranched alkanes of at least 4 members (excludes halogenated alkanes) is 9. The SMILES string of the molecule is CCCCCCNC(=O)n1cc(F)c(=O)[nH]c1=O.CCCCCCNC(=O)n1cc(F)c(=O)[nH]c1=O.CCCCCCNC(=O)n1cc(F)c(=O)[nH]c1=O.